The number of amides is 4. The van der Waals surface area contributed by atoms with E-state index in [-0.39, 0.29) is 23.5 Å². The Balaban J connectivity index is 1.77. The van der Waals surface area contributed by atoms with Crippen molar-refractivity contribution in [2.45, 2.75) is 13.3 Å². The van der Waals surface area contributed by atoms with Gasteiger partial charge in [0.1, 0.15) is 17.1 Å². The van der Waals surface area contributed by atoms with Crippen molar-refractivity contribution in [3.8, 4) is 5.75 Å². The predicted octanol–water partition coefficient (Wildman–Crippen LogP) is 5.05. The number of ether oxygens (including phenoxy) is 1. The molecule has 1 fully saturated rings. The maximum atomic E-state index is 14.3. The number of barbiturate groups is 1. The van der Waals surface area contributed by atoms with Crippen LogP contribution in [-0.4, -0.2) is 25.0 Å². The van der Waals surface area contributed by atoms with Crippen LogP contribution >= 0.6 is 11.6 Å². The van der Waals surface area contributed by atoms with Crippen LogP contribution in [0.5, 0.6) is 5.75 Å². The first-order valence-corrected chi connectivity index (χ1v) is 10.7. The maximum absolute atomic E-state index is 14.3. The Bertz CT molecular complexity index is 1350. The molecule has 0 atom stereocenters. The number of benzene rings is 3. The van der Waals surface area contributed by atoms with Crippen molar-refractivity contribution in [3.05, 3.63) is 99.3 Å². The number of hydrogen-bond acceptors (Lipinski definition) is 4. The largest absolute Gasteiger partial charge is 0.497 e. The Kier molecular flexibility index (Phi) is 6.47. The van der Waals surface area contributed by atoms with Crippen molar-refractivity contribution in [1.82, 2.24) is 5.32 Å². The Morgan fingerprint density at radius 1 is 1.03 bits per heavy atom. The summed E-state index contributed by atoms with van der Waals surface area (Å²) in [4.78, 5) is 39.2. The molecule has 1 heterocycles. The highest BCUT2D eigenvalue weighted by atomic mass is 35.5. The zero-order chi connectivity index (χ0) is 24.4. The van der Waals surface area contributed by atoms with Crippen molar-refractivity contribution in [1.29, 1.82) is 0 Å². The average Bonchev–Trinajstić information content (AvgIpc) is 2.81. The van der Waals surface area contributed by atoms with Crippen LogP contribution in [0, 0.1) is 12.7 Å². The molecule has 1 N–H and O–H groups in total. The number of halogens is 2. The highest BCUT2D eigenvalue weighted by Gasteiger charge is 2.37. The first kappa shape index (κ1) is 23.2. The van der Waals surface area contributed by atoms with Gasteiger partial charge in [0.2, 0.25) is 0 Å². The third-order valence-corrected chi connectivity index (χ3v) is 5.91. The third-order valence-electron chi connectivity index (χ3n) is 5.50. The van der Waals surface area contributed by atoms with Gasteiger partial charge in [-0.15, -0.1) is 0 Å². The molecule has 0 spiro atoms. The number of rotatable bonds is 5. The smallest absolute Gasteiger partial charge is 0.335 e. The fraction of sp³-hybridized carbons (Fsp3) is 0.115. The van der Waals surface area contributed by atoms with Crippen LogP contribution in [0.15, 0.2) is 66.2 Å². The zero-order valence-corrected chi connectivity index (χ0v) is 19.2. The van der Waals surface area contributed by atoms with Crippen LogP contribution < -0.4 is 15.0 Å². The van der Waals surface area contributed by atoms with Crippen LogP contribution in [0.2, 0.25) is 5.02 Å². The fourth-order valence-electron chi connectivity index (χ4n) is 3.62. The molecular weight excluding hydrogens is 459 g/mol. The van der Waals surface area contributed by atoms with Gasteiger partial charge >= 0.3 is 6.03 Å². The van der Waals surface area contributed by atoms with Gasteiger partial charge in [-0.1, -0.05) is 41.9 Å². The molecule has 4 amide bonds. The van der Waals surface area contributed by atoms with Gasteiger partial charge in [0.15, 0.2) is 0 Å². The third kappa shape index (κ3) is 4.56. The lowest BCUT2D eigenvalue weighted by molar-refractivity contribution is -0.122. The molecule has 0 aliphatic carbocycles. The molecule has 6 nitrogen and oxygen atoms in total. The van der Waals surface area contributed by atoms with Gasteiger partial charge in [-0.05, 0) is 65.6 Å². The number of methoxy groups -OCH3 is 1. The SMILES string of the molecule is COc1ccc(/C=C2\C(=O)NC(=O)N(c3ccc(C)c(Cl)c3)C2=O)c(Cc2ccccc2F)c1. The highest BCUT2D eigenvalue weighted by Crippen LogP contribution is 2.28. The lowest BCUT2D eigenvalue weighted by Gasteiger charge is -2.26. The van der Waals surface area contributed by atoms with E-state index in [1.807, 2.05) is 0 Å². The molecule has 4 rings (SSSR count). The molecule has 3 aromatic rings. The van der Waals surface area contributed by atoms with E-state index in [2.05, 4.69) is 5.32 Å². The summed E-state index contributed by atoms with van der Waals surface area (Å²) in [5.74, 6) is -1.44. The second-order valence-electron chi connectivity index (χ2n) is 7.72. The quantitative estimate of drug-likeness (QED) is 0.411. The molecule has 172 valence electrons. The number of hydrogen-bond donors (Lipinski definition) is 1. The van der Waals surface area contributed by atoms with Crippen LogP contribution in [0.25, 0.3) is 6.08 Å². The summed E-state index contributed by atoms with van der Waals surface area (Å²) >= 11 is 6.17. The minimum absolute atomic E-state index is 0.203. The number of nitrogens with one attached hydrogen (secondary N) is 1. The van der Waals surface area contributed by atoms with Gasteiger partial charge in [-0.2, -0.15) is 0 Å². The van der Waals surface area contributed by atoms with Crippen LogP contribution in [0.3, 0.4) is 0 Å². The Labute approximate surface area is 200 Å². The minimum Gasteiger partial charge on any atom is -0.497 e. The van der Waals surface area contributed by atoms with E-state index >= 15 is 0 Å². The van der Waals surface area contributed by atoms with E-state index in [0.29, 0.717) is 27.5 Å². The molecule has 0 radical (unpaired) electrons. The van der Waals surface area contributed by atoms with E-state index < -0.39 is 17.8 Å². The number of aryl methyl sites for hydroxylation is 1. The molecule has 0 aromatic heterocycles. The lowest BCUT2D eigenvalue weighted by Crippen LogP contribution is -2.54. The topological polar surface area (TPSA) is 75.7 Å². The summed E-state index contributed by atoms with van der Waals surface area (Å²) in [6.07, 6.45) is 1.59. The van der Waals surface area contributed by atoms with Crippen LogP contribution in [0.4, 0.5) is 14.9 Å². The number of carbonyl (C=O) groups excluding carboxylic acids is 3. The molecular formula is C26H20ClFN2O4. The van der Waals surface area contributed by atoms with E-state index in [1.54, 1.807) is 55.5 Å². The van der Waals surface area contributed by atoms with Gasteiger partial charge < -0.3 is 4.74 Å². The van der Waals surface area contributed by atoms with Gasteiger partial charge in [-0.3, -0.25) is 14.9 Å². The predicted molar refractivity (Wildman–Crippen MR) is 127 cm³/mol. The Morgan fingerprint density at radius 3 is 2.50 bits per heavy atom. The van der Waals surface area contributed by atoms with Crippen molar-refractivity contribution in [2.24, 2.45) is 0 Å². The molecule has 3 aromatic carbocycles. The van der Waals surface area contributed by atoms with Crippen molar-refractivity contribution >= 4 is 41.2 Å². The first-order valence-electron chi connectivity index (χ1n) is 10.4. The summed E-state index contributed by atoms with van der Waals surface area (Å²) in [5.41, 5.74) is 2.37. The second kappa shape index (κ2) is 9.49. The molecule has 1 aliphatic heterocycles. The molecule has 0 unspecified atom stereocenters. The summed E-state index contributed by atoms with van der Waals surface area (Å²) < 4.78 is 19.6. The average molecular weight is 479 g/mol. The molecule has 34 heavy (non-hydrogen) atoms. The van der Waals surface area contributed by atoms with Crippen LogP contribution in [-0.2, 0) is 16.0 Å². The fourth-order valence-corrected chi connectivity index (χ4v) is 3.79. The van der Waals surface area contributed by atoms with Crippen molar-refractivity contribution in [2.75, 3.05) is 12.0 Å². The van der Waals surface area contributed by atoms with Crippen LogP contribution in [0.1, 0.15) is 22.3 Å². The second-order valence-corrected chi connectivity index (χ2v) is 8.13. The Hall–Kier alpha value is -3.97. The number of carbonyl (C=O) groups is 3. The summed E-state index contributed by atoms with van der Waals surface area (Å²) in [7, 11) is 1.51. The molecule has 0 saturated carbocycles. The standard InChI is InChI=1S/C26H20ClFN2O4/c1-15-7-9-19(14-22(15)27)30-25(32)21(24(31)29-26(30)33)13-16-8-10-20(34-2)12-18(16)11-17-5-3-4-6-23(17)28/h3-10,12-14H,11H2,1-2H3,(H,29,31,33)/b21-13+. The number of imide groups is 2. The molecule has 8 heteroatoms. The number of nitrogens with zero attached hydrogens (tertiary/aromatic N) is 1. The molecule has 1 saturated heterocycles. The van der Waals surface area contributed by atoms with E-state index in [9.17, 15) is 18.8 Å². The minimum atomic E-state index is -0.867. The van der Waals surface area contributed by atoms with Gasteiger partial charge in [0, 0.05) is 11.4 Å². The van der Waals surface area contributed by atoms with Gasteiger partial charge in [0.05, 0.1) is 12.8 Å². The summed E-state index contributed by atoms with van der Waals surface area (Å²) in [6, 6.07) is 15.3. The van der Waals surface area contributed by atoms with Crippen molar-refractivity contribution < 1.29 is 23.5 Å². The maximum Gasteiger partial charge on any atom is 0.335 e. The van der Waals surface area contributed by atoms with Crippen molar-refractivity contribution in [3.63, 3.8) is 0 Å². The van der Waals surface area contributed by atoms with E-state index in [1.165, 1.54) is 25.3 Å². The number of urea groups is 1. The van der Waals surface area contributed by atoms with E-state index in [4.69, 9.17) is 16.3 Å². The zero-order valence-electron chi connectivity index (χ0n) is 18.4. The Morgan fingerprint density at radius 2 is 1.79 bits per heavy atom. The monoisotopic (exact) mass is 478 g/mol. The molecule has 0 bridgehead atoms. The van der Waals surface area contributed by atoms with Gasteiger partial charge in [-0.25, -0.2) is 14.1 Å². The highest BCUT2D eigenvalue weighted by molar-refractivity contribution is 6.39. The van der Waals surface area contributed by atoms with Gasteiger partial charge in [0.25, 0.3) is 11.8 Å². The molecule has 1 aliphatic rings. The summed E-state index contributed by atoms with van der Waals surface area (Å²) in [5, 5.41) is 2.57. The normalized spacial score (nSPS) is 15.0. The summed E-state index contributed by atoms with van der Waals surface area (Å²) in [6.45, 7) is 1.79. The van der Waals surface area contributed by atoms with E-state index in [0.717, 1.165) is 10.5 Å². The lowest BCUT2D eigenvalue weighted by atomic mass is 9.96. The number of anilines is 1. The first-order chi connectivity index (χ1) is 16.3.